The van der Waals surface area contributed by atoms with Crippen LogP contribution in [0.2, 0.25) is 0 Å². The monoisotopic (exact) mass is 478 g/mol. The highest BCUT2D eigenvalue weighted by Gasteiger charge is 2.02. The molecule has 0 aliphatic heterocycles. The van der Waals surface area contributed by atoms with Crippen molar-refractivity contribution in [1.82, 2.24) is 0 Å². The van der Waals surface area contributed by atoms with E-state index >= 15 is 0 Å². The van der Waals surface area contributed by atoms with E-state index in [1.165, 1.54) is 141 Å². The molecule has 0 aliphatic rings. The number of rotatable bonds is 28. The topological polar surface area (TPSA) is 26.3 Å². The summed E-state index contributed by atoms with van der Waals surface area (Å²) in [6.07, 6.45) is 38.8. The number of carbonyl (C=O) groups excluding carboxylic acids is 1. The molecule has 0 aromatic rings. The van der Waals surface area contributed by atoms with Crippen molar-refractivity contribution in [2.24, 2.45) is 0 Å². The molecule has 0 fully saturated rings. The zero-order chi connectivity index (χ0) is 24.8. The first kappa shape index (κ1) is 33.2. The molecule has 0 heterocycles. The first-order valence-electron chi connectivity index (χ1n) is 15.6. The van der Waals surface area contributed by atoms with Gasteiger partial charge in [-0.15, -0.1) is 0 Å². The second kappa shape index (κ2) is 30.2. The molecular formula is C32H62O2. The molecule has 0 atom stereocenters. The summed E-state index contributed by atoms with van der Waals surface area (Å²) in [5, 5.41) is 0. The number of allylic oxidation sites excluding steroid dienone is 1. The Morgan fingerprint density at radius 1 is 0.500 bits per heavy atom. The van der Waals surface area contributed by atoms with Crippen LogP contribution in [0, 0.1) is 0 Å². The highest BCUT2D eigenvalue weighted by Crippen LogP contribution is 2.15. The fraction of sp³-hybridized carbons (Fsp3) is 0.906. The van der Waals surface area contributed by atoms with E-state index in [0.29, 0.717) is 13.0 Å². The highest BCUT2D eigenvalue weighted by atomic mass is 16.5. The summed E-state index contributed by atoms with van der Waals surface area (Å²) in [5.41, 5.74) is 0. The standard InChI is InChI=1S/C32H62O2/c1-3-5-7-9-10-11-12-13-14-15-16-17-18-19-20-21-22-23-24-25-26-27-28-30-32(33)34-31-29-8-6-4-2/h6,8H,3-5,7,9-31H2,1-2H3/b8-6+. The van der Waals surface area contributed by atoms with E-state index in [2.05, 4.69) is 26.0 Å². The fourth-order valence-electron chi connectivity index (χ4n) is 4.65. The van der Waals surface area contributed by atoms with E-state index in [1.807, 2.05) is 0 Å². The van der Waals surface area contributed by atoms with Gasteiger partial charge in [-0.05, 0) is 19.3 Å². The van der Waals surface area contributed by atoms with Gasteiger partial charge < -0.3 is 4.74 Å². The predicted octanol–water partition coefficient (Wildman–Crippen LogP) is 11.3. The van der Waals surface area contributed by atoms with Gasteiger partial charge in [0, 0.05) is 6.42 Å². The van der Waals surface area contributed by atoms with Crippen molar-refractivity contribution < 1.29 is 9.53 Å². The van der Waals surface area contributed by atoms with Crippen LogP contribution in [0.3, 0.4) is 0 Å². The minimum absolute atomic E-state index is 0.0200. The van der Waals surface area contributed by atoms with Crippen molar-refractivity contribution in [3.8, 4) is 0 Å². The Morgan fingerprint density at radius 3 is 1.21 bits per heavy atom. The van der Waals surface area contributed by atoms with E-state index in [-0.39, 0.29) is 5.97 Å². The van der Waals surface area contributed by atoms with Gasteiger partial charge in [-0.3, -0.25) is 4.79 Å². The largest absolute Gasteiger partial charge is 0.465 e. The summed E-state index contributed by atoms with van der Waals surface area (Å²) in [6.45, 7) is 4.95. The van der Waals surface area contributed by atoms with Crippen molar-refractivity contribution in [1.29, 1.82) is 0 Å². The van der Waals surface area contributed by atoms with Gasteiger partial charge in [0.1, 0.15) is 0 Å². The third kappa shape index (κ3) is 29.2. The molecule has 202 valence electrons. The number of hydrogen-bond acceptors (Lipinski definition) is 2. The molecule has 0 radical (unpaired) electrons. The molecule has 0 unspecified atom stereocenters. The third-order valence-corrected chi connectivity index (χ3v) is 6.93. The minimum atomic E-state index is -0.0200. The van der Waals surface area contributed by atoms with Crippen molar-refractivity contribution in [2.75, 3.05) is 6.61 Å². The molecule has 0 rings (SSSR count). The average Bonchev–Trinajstić information content (AvgIpc) is 2.84. The zero-order valence-electron chi connectivity index (χ0n) is 23.6. The smallest absolute Gasteiger partial charge is 0.305 e. The Bertz CT molecular complexity index is 415. The molecule has 34 heavy (non-hydrogen) atoms. The second-order valence-corrected chi connectivity index (χ2v) is 10.4. The summed E-state index contributed by atoms with van der Waals surface area (Å²) < 4.78 is 5.25. The van der Waals surface area contributed by atoms with E-state index in [1.54, 1.807) is 0 Å². The van der Waals surface area contributed by atoms with Gasteiger partial charge in [-0.1, -0.05) is 167 Å². The Morgan fingerprint density at radius 2 is 0.853 bits per heavy atom. The number of ether oxygens (including phenoxy) is 1. The highest BCUT2D eigenvalue weighted by molar-refractivity contribution is 5.69. The van der Waals surface area contributed by atoms with Crippen LogP contribution in [0.15, 0.2) is 12.2 Å². The molecule has 0 amide bonds. The molecule has 0 aromatic carbocycles. The maximum Gasteiger partial charge on any atom is 0.305 e. The van der Waals surface area contributed by atoms with Crippen LogP contribution in [-0.2, 0) is 9.53 Å². The summed E-state index contributed by atoms with van der Waals surface area (Å²) >= 11 is 0. The molecule has 0 saturated heterocycles. The first-order chi connectivity index (χ1) is 16.8. The van der Waals surface area contributed by atoms with Crippen molar-refractivity contribution in [3.63, 3.8) is 0 Å². The van der Waals surface area contributed by atoms with Crippen LogP contribution >= 0.6 is 0 Å². The molecule has 0 bridgehead atoms. The molecule has 0 N–H and O–H groups in total. The Labute approximate surface area is 215 Å². The van der Waals surface area contributed by atoms with Gasteiger partial charge in [-0.2, -0.15) is 0 Å². The lowest BCUT2D eigenvalue weighted by Crippen LogP contribution is -2.04. The molecule has 2 heteroatoms. The quantitative estimate of drug-likeness (QED) is 0.0634. The molecule has 0 aliphatic carbocycles. The molecular weight excluding hydrogens is 416 g/mol. The number of carbonyl (C=O) groups is 1. The SMILES string of the molecule is CC/C=C/CCOC(=O)CCCCCCCCCCCCCCCCCCCCCCCCC. The Balaban J connectivity index is 3.10. The van der Waals surface area contributed by atoms with Crippen LogP contribution < -0.4 is 0 Å². The van der Waals surface area contributed by atoms with Crippen LogP contribution in [0.4, 0.5) is 0 Å². The maximum absolute atomic E-state index is 11.6. The van der Waals surface area contributed by atoms with E-state index in [9.17, 15) is 4.79 Å². The number of unbranched alkanes of at least 4 members (excludes halogenated alkanes) is 22. The molecule has 0 spiro atoms. The van der Waals surface area contributed by atoms with Crippen LogP contribution in [0.1, 0.15) is 181 Å². The minimum Gasteiger partial charge on any atom is -0.465 e. The van der Waals surface area contributed by atoms with Crippen molar-refractivity contribution in [3.05, 3.63) is 12.2 Å². The van der Waals surface area contributed by atoms with Gasteiger partial charge in [0.05, 0.1) is 6.61 Å². The Hall–Kier alpha value is -0.790. The van der Waals surface area contributed by atoms with Gasteiger partial charge in [0.15, 0.2) is 0 Å². The van der Waals surface area contributed by atoms with Crippen LogP contribution in [-0.4, -0.2) is 12.6 Å². The lowest BCUT2D eigenvalue weighted by Gasteiger charge is -2.05. The fourth-order valence-corrected chi connectivity index (χ4v) is 4.65. The van der Waals surface area contributed by atoms with Crippen LogP contribution in [0.5, 0.6) is 0 Å². The van der Waals surface area contributed by atoms with Crippen LogP contribution in [0.25, 0.3) is 0 Å². The van der Waals surface area contributed by atoms with E-state index in [0.717, 1.165) is 19.3 Å². The lowest BCUT2D eigenvalue weighted by atomic mass is 10.0. The molecule has 0 aromatic heterocycles. The van der Waals surface area contributed by atoms with Gasteiger partial charge >= 0.3 is 5.97 Å². The van der Waals surface area contributed by atoms with Gasteiger partial charge in [0.25, 0.3) is 0 Å². The predicted molar refractivity (Wildman–Crippen MR) is 151 cm³/mol. The summed E-state index contributed by atoms with van der Waals surface area (Å²) in [5.74, 6) is -0.0200. The summed E-state index contributed by atoms with van der Waals surface area (Å²) in [4.78, 5) is 11.6. The molecule has 0 saturated carbocycles. The van der Waals surface area contributed by atoms with Crippen molar-refractivity contribution >= 4 is 5.97 Å². The third-order valence-electron chi connectivity index (χ3n) is 6.93. The average molecular weight is 479 g/mol. The number of hydrogen-bond donors (Lipinski definition) is 0. The maximum atomic E-state index is 11.6. The summed E-state index contributed by atoms with van der Waals surface area (Å²) in [7, 11) is 0. The van der Waals surface area contributed by atoms with E-state index in [4.69, 9.17) is 4.74 Å². The lowest BCUT2D eigenvalue weighted by molar-refractivity contribution is -0.143. The van der Waals surface area contributed by atoms with Gasteiger partial charge in [0.2, 0.25) is 0 Å². The number of esters is 1. The first-order valence-corrected chi connectivity index (χ1v) is 15.6. The van der Waals surface area contributed by atoms with Crippen molar-refractivity contribution in [2.45, 2.75) is 181 Å². The van der Waals surface area contributed by atoms with E-state index < -0.39 is 0 Å². The second-order valence-electron chi connectivity index (χ2n) is 10.4. The summed E-state index contributed by atoms with van der Waals surface area (Å²) in [6, 6.07) is 0. The van der Waals surface area contributed by atoms with Gasteiger partial charge in [-0.25, -0.2) is 0 Å². The molecule has 2 nitrogen and oxygen atoms in total. The normalized spacial score (nSPS) is 11.5. The Kier molecular flexibility index (Phi) is 29.5. The zero-order valence-corrected chi connectivity index (χ0v) is 23.6.